The third-order valence-electron chi connectivity index (χ3n) is 9.32. The number of benzene rings is 4. The molecule has 214 valence electrons. The maximum absolute atomic E-state index is 13.6. The molecule has 5 nitrogen and oxygen atoms in total. The molecule has 2 atom stereocenters. The quantitative estimate of drug-likeness (QED) is 0.255. The van der Waals surface area contributed by atoms with E-state index >= 15 is 0 Å². The van der Waals surface area contributed by atoms with Gasteiger partial charge in [0.25, 0.3) is 0 Å². The number of carbonyl (C=O) groups is 1. The number of amides is 1. The van der Waals surface area contributed by atoms with E-state index in [9.17, 15) is 9.90 Å². The van der Waals surface area contributed by atoms with E-state index in [0.29, 0.717) is 32.5 Å². The average molecular weight is 560 g/mol. The van der Waals surface area contributed by atoms with Crippen molar-refractivity contribution < 1.29 is 19.4 Å². The number of nitrogens with zero attached hydrogens (tertiary/aromatic N) is 1. The topological polar surface area (TPSA) is 59.0 Å². The molecule has 3 aliphatic rings. The van der Waals surface area contributed by atoms with Gasteiger partial charge in [-0.3, -0.25) is 0 Å². The van der Waals surface area contributed by atoms with Crippen LogP contribution in [0.15, 0.2) is 103 Å². The summed E-state index contributed by atoms with van der Waals surface area (Å²) in [5.74, 6) is 0.843. The average Bonchev–Trinajstić information content (AvgIpc) is 3.32. The van der Waals surface area contributed by atoms with E-state index in [4.69, 9.17) is 9.47 Å². The smallest absolute Gasteiger partial charge is 0.410 e. The van der Waals surface area contributed by atoms with Crippen molar-refractivity contribution in [2.45, 2.75) is 68.7 Å². The minimum atomic E-state index is -0.867. The number of aliphatic hydroxyl groups is 1. The molecular weight excluding hydrogens is 522 g/mol. The van der Waals surface area contributed by atoms with Gasteiger partial charge in [0.15, 0.2) is 0 Å². The van der Waals surface area contributed by atoms with Crippen LogP contribution in [0.25, 0.3) is 11.1 Å². The van der Waals surface area contributed by atoms with Crippen molar-refractivity contribution in [3.63, 3.8) is 0 Å². The van der Waals surface area contributed by atoms with Crippen LogP contribution >= 0.6 is 0 Å². The van der Waals surface area contributed by atoms with Gasteiger partial charge in [0.05, 0.1) is 5.60 Å². The minimum Gasteiger partial charge on any atom is -0.489 e. The molecule has 0 radical (unpaired) electrons. The standard InChI is InChI=1S/C37H37NO4/c39-36(42-25-35-33-18-6-4-16-31(33)32-17-5-7-19-34(32)35)38-28-13-9-14-29(38)23-37(40,22-28)21-27-12-8-15-30(20-27)41-24-26-10-2-1-3-11-26/h1-8,10-12,15-20,28-29,35,40H,9,13-14,21-25H2. The molecular formula is C37H37NO4. The van der Waals surface area contributed by atoms with Gasteiger partial charge < -0.3 is 19.5 Å². The summed E-state index contributed by atoms with van der Waals surface area (Å²) in [5.41, 5.74) is 6.19. The van der Waals surface area contributed by atoms with Crippen LogP contribution in [-0.4, -0.2) is 40.4 Å². The number of hydrogen-bond donors (Lipinski definition) is 1. The molecule has 1 amide bonds. The molecule has 2 unspecified atom stereocenters. The number of hydrogen-bond acceptors (Lipinski definition) is 4. The number of rotatable bonds is 7. The molecule has 5 heteroatoms. The highest BCUT2D eigenvalue weighted by molar-refractivity contribution is 5.79. The van der Waals surface area contributed by atoms with E-state index in [-0.39, 0.29) is 24.1 Å². The zero-order valence-corrected chi connectivity index (χ0v) is 23.8. The van der Waals surface area contributed by atoms with Gasteiger partial charge in [0, 0.05) is 24.4 Å². The Hall–Kier alpha value is -4.09. The maximum Gasteiger partial charge on any atom is 0.410 e. The molecule has 2 fully saturated rings. The first-order valence-corrected chi connectivity index (χ1v) is 15.2. The van der Waals surface area contributed by atoms with Crippen LogP contribution in [0.1, 0.15) is 60.3 Å². The van der Waals surface area contributed by atoms with Gasteiger partial charge in [0.2, 0.25) is 0 Å². The van der Waals surface area contributed by atoms with Gasteiger partial charge >= 0.3 is 6.09 Å². The first-order valence-electron chi connectivity index (χ1n) is 15.2. The van der Waals surface area contributed by atoms with Gasteiger partial charge in [-0.2, -0.15) is 0 Å². The Balaban J connectivity index is 1.01. The third kappa shape index (κ3) is 5.30. The Kier molecular flexibility index (Phi) is 7.20. The maximum atomic E-state index is 13.6. The summed E-state index contributed by atoms with van der Waals surface area (Å²) in [6.07, 6.45) is 4.27. The molecule has 42 heavy (non-hydrogen) atoms. The van der Waals surface area contributed by atoms with Crippen LogP contribution in [0.2, 0.25) is 0 Å². The lowest BCUT2D eigenvalue weighted by atomic mass is 9.73. The van der Waals surface area contributed by atoms with Crippen molar-refractivity contribution in [1.29, 1.82) is 0 Å². The van der Waals surface area contributed by atoms with Gasteiger partial charge in [-0.25, -0.2) is 4.79 Å². The van der Waals surface area contributed by atoms with Crippen molar-refractivity contribution >= 4 is 6.09 Å². The van der Waals surface area contributed by atoms with E-state index in [1.165, 1.54) is 22.3 Å². The largest absolute Gasteiger partial charge is 0.489 e. The molecule has 2 saturated heterocycles. The first kappa shape index (κ1) is 26.8. The Morgan fingerprint density at radius 1 is 0.786 bits per heavy atom. The van der Waals surface area contributed by atoms with Gasteiger partial charge in [0.1, 0.15) is 19.0 Å². The van der Waals surface area contributed by atoms with Crippen molar-refractivity contribution in [1.82, 2.24) is 4.90 Å². The zero-order valence-electron chi connectivity index (χ0n) is 23.8. The number of fused-ring (bicyclic) bond motifs is 5. The summed E-state index contributed by atoms with van der Waals surface area (Å²) >= 11 is 0. The highest BCUT2D eigenvalue weighted by Gasteiger charge is 2.48. The third-order valence-corrected chi connectivity index (χ3v) is 9.32. The highest BCUT2D eigenvalue weighted by Crippen LogP contribution is 2.45. The molecule has 4 aromatic rings. The summed E-state index contributed by atoms with van der Waals surface area (Å²) in [4.78, 5) is 15.5. The normalized spacial score (nSPS) is 22.7. The zero-order chi connectivity index (χ0) is 28.5. The Morgan fingerprint density at radius 3 is 2.10 bits per heavy atom. The first-order chi connectivity index (χ1) is 20.6. The monoisotopic (exact) mass is 559 g/mol. The highest BCUT2D eigenvalue weighted by atomic mass is 16.6. The predicted molar refractivity (Wildman–Crippen MR) is 163 cm³/mol. The molecule has 1 N–H and O–H groups in total. The predicted octanol–water partition coefficient (Wildman–Crippen LogP) is 7.51. The summed E-state index contributed by atoms with van der Waals surface area (Å²) in [6, 6.07) is 35.0. The Morgan fingerprint density at radius 2 is 1.40 bits per heavy atom. The number of carbonyl (C=O) groups excluding carboxylic acids is 1. The Bertz CT molecular complexity index is 1510. The molecule has 0 spiro atoms. The van der Waals surface area contributed by atoms with E-state index in [0.717, 1.165) is 36.1 Å². The molecule has 0 saturated carbocycles. The minimum absolute atomic E-state index is 0.0179. The van der Waals surface area contributed by atoms with E-state index in [1.807, 2.05) is 41.3 Å². The van der Waals surface area contributed by atoms with Gasteiger partial charge in [-0.05, 0) is 77.6 Å². The van der Waals surface area contributed by atoms with Crippen molar-refractivity contribution in [2.75, 3.05) is 6.61 Å². The fourth-order valence-corrected chi connectivity index (χ4v) is 7.50. The second-order valence-corrected chi connectivity index (χ2v) is 12.2. The summed E-state index contributed by atoms with van der Waals surface area (Å²) in [7, 11) is 0. The lowest BCUT2D eigenvalue weighted by Crippen LogP contribution is -2.60. The second kappa shape index (κ2) is 11.3. The van der Waals surface area contributed by atoms with Crippen LogP contribution in [-0.2, 0) is 17.8 Å². The summed E-state index contributed by atoms with van der Waals surface area (Å²) in [6.45, 7) is 0.830. The molecule has 7 rings (SSSR count). The van der Waals surface area contributed by atoms with Crippen LogP contribution < -0.4 is 4.74 Å². The molecule has 2 bridgehead atoms. The van der Waals surface area contributed by atoms with Crippen molar-refractivity contribution in [2.24, 2.45) is 0 Å². The van der Waals surface area contributed by atoms with Gasteiger partial charge in [-0.1, -0.05) is 91.0 Å². The molecule has 2 heterocycles. The van der Waals surface area contributed by atoms with E-state index in [1.54, 1.807) is 0 Å². The fourth-order valence-electron chi connectivity index (χ4n) is 7.50. The number of piperidine rings is 2. The van der Waals surface area contributed by atoms with Crippen LogP contribution in [0.4, 0.5) is 4.79 Å². The molecule has 0 aromatic heterocycles. The lowest BCUT2D eigenvalue weighted by Gasteiger charge is -2.51. The SMILES string of the molecule is O=C(OCC1c2ccccc2-c2ccccc21)N1C2CCCC1CC(O)(Cc1cccc(OCc3ccccc3)c1)C2. The van der Waals surface area contributed by atoms with Crippen LogP contribution in [0.5, 0.6) is 5.75 Å². The van der Waals surface area contributed by atoms with Gasteiger partial charge in [-0.15, -0.1) is 0 Å². The van der Waals surface area contributed by atoms with Crippen LogP contribution in [0.3, 0.4) is 0 Å². The molecule has 2 aliphatic heterocycles. The van der Waals surface area contributed by atoms with E-state index < -0.39 is 5.60 Å². The van der Waals surface area contributed by atoms with Crippen LogP contribution in [0, 0.1) is 0 Å². The second-order valence-electron chi connectivity index (χ2n) is 12.2. The van der Waals surface area contributed by atoms with E-state index in [2.05, 4.69) is 66.7 Å². The van der Waals surface area contributed by atoms with Crippen molar-refractivity contribution in [3.05, 3.63) is 125 Å². The fraction of sp³-hybridized carbons (Fsp3) is 0.324. The summed E-state index contributed by atoms with van der Waals surface area (Å²) in [5, 5.41) is 11.8. The summed E-state index contributed by atoms with van der Waals surface area (Å²) < 4.78 is 12.1. The Labute approximate surface area is 247 Å². The molecule has 1 aliphatic carbocycles. The van der Waals surface area contributed by atoms with Crippen molar-refractivity contribution in [3.8, 4) is 16.9 Å². The molecule has 4 aromatic carbocycles. The lowest BCUT2D eigenvalue weighted by molar-refractivity contribution is -0.0840. The number of ether oxygens (including phenoxy) is 2.